The third kappa shape index (κ3) is 5.01. The smallest absolute Gasteiger partial charge is 0.0704 e. The molecule has 1 rings (SSSR count). The average Bonchev–Trinajstić information content (AvgIpc) is 2.42. The van der Waals surface area contributed by atoms with Crippen LogP contribution in [-0.2, 0) is 14.2 Å². The highest BCUT2D eigenvalue weighted by Crippen LogP contribution is 2.48. The van der Waals surface area contributed by atoms with Crippen LogP contribution in [0.15, 0.2) is 0 Å². The molecule has 0 heterocycles. The molecular weight excluding hydrogens is 252 g/mol. The Morgan fingerprint density at radius 1 is 1.20 bits per heavy atom. The molecule has 118 valence electrons. The zero-order valence-corrected chi connectivity index (χ0v) is 13.5. The molecule has 0 aliphatic heterocycles. The van der Waals surface area contributed by atoms with E-state index in [1.54, 1.807) is 0 Å². The summed E-state index contributed by atoms with van der Waals surface area (Å²) in [4.78, 5) is 0. The summed E-state index contributed by atoms with van der Waals surface area (Å²) in [5, 5.41) is 0. The van der Waals surface area contributed by atoms with Crippen LogP contribution in [0.3, 0.4) is 0 Å². The molecule has 0 amide bonds. The topological polar surface area (TPSA) is 27.7 Å². The molecule has 1 aliphatic carbocycles. The van der Waals surface area contributed by atoms with Crippen LogP contribution in [0.25, 0.3) is 0 Å². The van der Waals surface area contributed by atoms with Gasteiger partial charge in [0, 0.05) is 0 Å². The largest absolute Gasteiger partial charge is 0.377 e. The number of rotatable bonds is 9. The lowest BCUT2D eigenvalue weighted by molar-refractivity contribution is -0.0827. The summed E-state index contributed by atoms with van der Waals surface area (Å²) in [6, 6.07) is 0. The molecule has 3 nitrogen and oxygen atoms in total. The molecule has 20 heavy (non-hydrogen) atoms. The van der Waals surface area contributed by atoms with Crippen molar-refractivity contribution in [2.24, 2.45) is 17.3 Å². The van der Waals surface area contributed by atoms with Gasteiger partial charge in [-0.25, -0.2) is 0 Å². The van der Waals surface area contributed by atoms with Gasteiger partial charge in [-0.2, -0.15) is 0 Å². The Hall–Kier alpha value is -0.120. The molecule has 0 N–H and O–H groups in total. The fraction of sp³-hybridized carbons (Fsp3) is 0.882. The molecule has 3 heteroatoms. The van der Waals surface area contributed by atoms with Crippen LogP contribution in [0.5, 0.6) is 0 Å². The van der Waals surface area contributed by atoms with Gasteiger partial charge in [0.05, 0.1) is 39.6 Å². The van der Waals surface area contributed by atoms with Crippen LogP contribution in [0.4, 0.5) is 0 Å². The molecule has 1 unspecified atom stereocenters. The van der Waals surface area contributed by atoms with Gasteiger partial charge in [-0.3, -0.25) is 0 Å². The second-order valence-corrected chi connectivity index (χ2v) is 6.47. The van der Waals surface area contributed by atoms with E-state index < -0.39 is 0 Å². The molecule has 3 atom stereocenters. The summed E-state index contributed by atoms with van der Waals surface area (Å²) in [5.74, 6) is 1.39. The Labute approximate surface area is 125 Å². The van der Waals surface area contributed by atoms with E-state index in [1.165, 1.54) is 25.7 Å². The monoisotopic (exact) mass is 284 g/mol. The fourth-order valence-electron chi connectivity index (χ4n) is 3.46. The minimum Gasteiger partial charge on any atom is -0.377 e. The Morgan fingerprint density at radius 2 is 1.90 bits per heavy atom. The molecule has 1 saturated carbocycles. The molecule has 0 aromatic carbocycles. The molecule has 1 aliphatic rings. The minimum absolute atomic E-state index is 0.0536. The second kappa shape index (κ2) is 9.01. The minimum atomic E-state index is 0.0536. The number of ether oxygens (including phenoxy) is 3. The molecule has 0 aromatic heterocycles. The van der Waals surface area contributed by atoms with E-state index in [0.29, 0.717) is 32.3 Å². The van der Waals surface area contributed by atoms with Gasteiger partial charge in [0.25, 0.3) is 0 Å². The van der Waals surface area contributed by atoms with Crippen molar-refractivity contribution in [2.75, 3.05) is 26.4 Å². The number of hydrogen-bond acceptors (Lipinski definition) is 3. The van der Waals surface area contributed by atoms with Crippen LogP contribution in [0.2, 0.25) is 0 Å². The van der Waals surface area contributed by atoms with Crippen LogP contribution in [0, 0.1) is 31.3 Å². The van der Waals surface area contributed by atoms with Gasteiger partial charge in [0.1, 0.15) is 0 Å². The fourth-order valence-corrected chi connectivity index (χ4v) is 3.46. The maximum absolute atomic E-state index is 5.98. The van der Waals surface area contributed by atoms with Gasteiger partial charge < -0.3 is 14.2 Å². The van der Waals surface area contributed by atoms with Crippen LogP contribution in [-0.4, -0.2) is 32.5 Å². The summed E-state index contributed by atoms with van der Waals surface area (Å²) >= 11 is 0. The summed E-state index contributed by atoms with van der Waals surface area (Å²) in [6.45, 7) is 13.6. The van der Waals surface area contributed by atoms with Crippen molar-refractivity contribution in [1.29, 1.82) is 0 Å². The van der Waals surface area contributed by atoms with E-state index in [-0.39, 0.29) is 11.5 Å². The third-order valence-corrected chi connectivity index (χ3v) is 4.78. The normalized spacial score (nSPS) is 28.8. The zero-order valence-electron chi connectivity index (χ0n) is 13.5. The highest BCUT2D eigenvalue weighted by Gasteiger charge is 2.42. The highest BCUT2D eigenvalue weighted by atomic mass is 16.5. The van der Waals surface area contributed by atoms with Gasteiger partial charge >= 0.3 is 0 Å². The third-order valence-electron chi connectivity index (χ3n) is 4.78. The Morgan fingerprint density at radius 3 is 2.50 bits per heavy atom. The van der Waals surface area contributed by atoms with E-state index in [4.69, 9.17) is 14.2 Å². The molecule has 0 aromatic rings. The van der Waals surface area contributed by atoms with Crippen molar-refractivity contribution < 1.29 is 14.2 Å². The lowest BCUT2D eigenvalue weighted by Crippen LogP contribution is -2.44. The standard InChI is InChI=1S/C17H32O3/c1-14(2)17(8-6-7-15(3)13-17)16(4)20-12-11-19-10-9-18-5/h14-16H,4-13H2,1-3H3/t15-,16+,17?/m1/s1. The summed E-state index contributed by atoms with van der Waals surface area (Å²) in [6.07, 6.45) is 5.16. The maximum atomic E-state index is 5.98. The second-order valence-electron chi connectivity index (χ2n) is 6.47. The molecule has 1 fully saturated rings. The first kappa shape index (κ1) is 17.9. The van der Waals surface area contributed by atoms with E-state index in [2.05, 4.69) is 34.8 Å². The quantitative estimate of drug-likeness (QED) is 0.601. The van der Waals surface area contributed by atoms with Crippen molar-refractivity contribution in [3.63, 3.8) is 0 Å². The molecule has 0 spiro atoms. The van der Waals surface area contributed by atoms with Gasteiger partial charge in [0.15, 0.2) is 0 Å². The van der Waals surface area contributed by atoms with Crippen LogP contribution >= 0.6 is 0 Å². The molecule has 0 saturated heterocycles. The predicted molar refractivity (Wildman–Crippen MR) is 82.1 cm³/mol. The van der Waals surface area contributed by atoms with E-state index in [0.717, 1.165) is 5.92 Å². The lowest BCUT2D eigenvalue weighted by atomic mass is 9.61. The highest BCUT2D eigenvalue weighted by molar-refractivity contribution is 4.95. The van der Waals surface area contributed by atoms with Gasteiger partial charge in [-0.1, -0.05) is 33.6 Å². The molecule has 0 bridgehead atoms. The summed E-state index contributed by atoms with van der Waals surface area (Å²) in [5.41, 5.74) is 0.230. The van der Waals surface area contributed by atoms with Crippen LogP contribution < -0.4 is 0 Å². The Kier molecular flexibility index (Phi) is 8.08. The molecular formula is C17H32O3. The first-order chi connectivity index (χ1) is 9.53. The van der Waals surface area contributed by atoms with Gasteiger partial charge in [-0.05, 0) is 37.0 Å². The van der Waals surface area contributed by atoms with Crippen molar-refractivity contribution >= 4 is 0 Å². The van der Waals surface area contributed by atoms with Gasteiger partial charge in [-0.15, -0.1) is 0 Å². The van der Waals surface area contributed by atoms with Crippen molar-refractivity contribution in [3.8, 4) is 0 Å². The Balaban J connectivity index is 2.39. The van der Waals surface area contributed by atoms with E-state index in [9.17, 15) is 0 Å². The van der Waals surface area contributed by atoms with Gasteiger partial charge in [0.2, 0.25) is 0 Å². The van der Waals surface area contributed by atoms with Crippen molar-refractivity contribution in [2.45, 2.75) is 52.6 Å². The van der Waals surface area contributed by atoms with E-state index in [1.807, 2.05) is 0 Å². The Bertz CT molecular complexity index is 255. The predicted octanol–water partition coefficient (Wildman–Crippen LogP) is 3.88. The summed E-state index contributed by atoms with van der Waals surface area (Å²) in [7, 11) is 3.31. The van der Waals surface area contributed by atoms with Crippen LogP contribution in [0.1, 0.15) is 46.5 Å². The van der Waals surface area contributed by atoms with Crippen molar-refractivity contribution in [3.05, 3.63) is 14.0 Å². The van der Waals surface area contributed by atoms with Crippen molar-refractivity contribution in [1.82, 2.24) is 0 Å². The van der Waals surface area contributed by atoms with E-state index >= 15 is 0 Å². The molecule has 2 radical (unpaired) electrons. The first-order valence-corrected chi connectivity index (χ1v) is 7.92. The maximum Gasteiger partial charge on any atom is 0.0704 e. The SMILES string of the molecule is [CH2]OCCOCCO[C@@H]([CH2])C1(C(C)C)CCC[C@@H](C)C1. The first-order valence-electron chi connectivity index (χ1n) is 7.92. The zero-order chi connectivity index (χ0) is 15.0. The summed E-state index contributed by atoms with van der Waals surface area (Å²) < 4.78 is 16.1. The average molecular weight is 284 g/mol. The lowest BCUT2D eigenvalue weighted by Gasteiger charge is -2.47. The number of hydrogen-bond donors (Lipinski definition) is 0.